The highest BCUT2D eigenvalue weighted by Gasteiger charge is 2.22. The van der Waals surface area contributed by atoms with Crippen molar-refractivity contribution >= 4 is 0 Å². The third kappa shape index (κ3) is 3.08. The molecule has 0 amide bonds. The largest absolute Gasteiger partial charge is 0.392 e. The van der Waals surface area contributed by atoms with Gasteiger partial charge in [-0.2, -0.15) is 0 Å². The summed E-state index contributed by atoms with van der Waals surface area (Å²) >= 11 is 0. The van der Waals surface area contributed by atoms with Crippen LogP contribution in [0, 0.1) is 0 Å². The van der Waals surface area contributed by atoms with E-state index in [9.17, 15) is 5.11 Å². The predicted molar refractivity (Wildman–Crippen MR) is 71.2 cm³/mol. The zero-order valence-electron chi connectivity index (χ0n) is 10.9. The second-order valence-electron chi connectivity index (χ2n) is 5.17. The molecule has 2 atom stereocenters. The van der Waals surface area contributed by atoms with Crippen LogP contribution in [0.1, 0.15) is 30.9 Å². The van der Waals surface area contributed by atoms with E-state index in [1.54, 1.807) is 0 Å². The Labute approximate surface area is 104 Å². The molecule has 0 aliphatic heterocycles. The zero-order chi connectivity index (χ0) is 12.3. The lowest BCUT2D eigenvalue weighted by molar-refractivity contribution is 0.0965. The molecule has 0 saturated carbocycles. The Morgan fingerprint density at radius 3 is 2.76 bits per heavy atom. The average Bonchev–Trinajstić information content (AvgIpc) is 2.38. The molecule has 17 heavy (non-hydrogen) atoms. The van der Waals surface area contributed by atoms with Gasteiger partial charge in [0.05, 0.1) is 6.10 Å². The molecular weight excluding hydrogens is 210 g/mol. The van der Waals surface area contributed by atoms with Gasteiger partial charge in [-0.3, -0.25) is 0 Å². The first-order valence-electron chi connectivity index (χ1n) is 6.65. The summed E-state index contributed by atoms with van der Waals surface area (Å²) in [7, 11) is 2.14. The molecule has 0 saturated heterocycles. The van der Waals surface area contributed by atoms with Crippen molar-refractivity contribution in [1.29, 1.82) is 0 Å². The van der Waals surface area contributed by atoms with Gasteiger partial charge in [-0.25, -0.2) is 0 Å². The molecule has 1 aliphatic carbocycles. The first kappa shape index (κ1) is 12.6. The molecule has 1 N–H and O–H groups in total. The first-order valence-corrected chi connectivity index (χ1v) is 6.65. The lowest BCUT2D eigenvalue weighted by atomic mass is 9.87. The minimum atomic E-state index is -0.183. The van der Waals surface area contributed by atoms with Gasteiger partial charge < -0.3 is 10.0 Å². The van der Waals surface area contributed by atoms with E-state index in [4.69, 9.17) is 0 Å². The van der Waals surface area contributed by atoms with Crippen LogP contribution in [0.4, 0.5) is 0 Å². The van der Waals surface area contributed by atoms with Crippen LogP contribution in [-0.2, 0) is 12.8 Å². The molecule has 2 rings (SSSR count). The minimum Gasteiger partial charge on any atom is -0.392 e. The van der Waals surface area contributed by atoms with Crippen molar-refractivity contribution in [2.24, 2.45) is 0 Å². The number of benzene rings is 1. The monoisotopic (exact) mass is 233 g/mol. The van der Waals surface area contributed by atoms with Crippen LogP contribution >= 0.6 is 0 Å². The van der Waals surface area contributed by atoms with E-state index in [1.165, 1.54) is 24.0 Å². The van der Waals surface area contributed by atoms with Crippen molar-refractivity contribution in [3.05, 3.63) is 35.4 Å². The molecule has 1 aliphatic rings. The number of hydrogen-bond donors (Lipinski definition) is 1. The molecule has 0 fully saturated rings. The number of fused-ring (bicyclic) bond motifs is 1. The summed E-state index contributed by atoms with van der Waals surface area (Å²) in [5.74, 6) is 0. The van der Waals surface area contributed by atoms with E-state index in [-0.39, 0.29) is 6.10 Å². The maximum Gasteiger partial charge on any atom is 0.0664 e. The molecule has 0 bridgehead atoms. The fraction of sp³-hybridized carbons (Fsp3) is 0.600. The van der Waals surface area contributed by atoms with Gasteiger partial charge in [-0.05, 0) is 43.9 Å². The number of nitrogens with zero attached hydrogens (tertiary/aromatic N) is 1. The van der Waals surface area contributed by atoms with Crippen LogP contribution in [0.15, 0.2) is 24.3 Å². The van der Waals surface area contributed by atoms with Crippen LogP contribution in [0.2, 0.25) is 0 Å². The lowest BCUT2D eigenvalue weighted by Gasteiger charge is -2.33. The topological polar surface area (TPSA) is 23.5 Å². The number of aliphatic hydroxyl groups is 1. The molecule has 0 spiro atoms. The molecule has 0 radical (unpaired) electrons. The first-order chi connectivity index (χ1) is 8.20. The Hall–Kier alpha value is -0.860. The quantitative estimate of drug-likeness (QED) is 0.862. The summed E-state index contributed by atoms with van der Waals surface area (Å²) in [6.45, 7) is 2.83. The Balaban J connectivity index is 1.97. The SMILES string of the molecule is CCC(O)CN(C)C1CCc2ccccc2C1. The molecule has 0 aromatic heterocycles. The number of aliphatic hydroxyl groups excluding tert-OH is 1. The van der Waals surface area contributed by atoms with Crippen molar-refractivity contribution in [1.82, 2.24) is 4.90 Å². The van der Waals surface area contributed by atoms with E-state index >= 15 is 0 Å². The van der Waals surface area contributed by atoms with E-state index in [0.29, 0.717) is 6.04 Å². The summed E-state index contributed by atoms with van der Waals surface area (Å²) in [6, 6.07) is 9.33. The van der Waals surface area contributed by atoms with Gasteiger partial charge >= 0.3 is 0 Å². The van der Waals surface area contributed by atoms with Crippen LogP contribution in [0.25, 0.3) is 0 Å². The summed E-state index contributed by atoms with van der Waals surface area (Å²) in [6.07, 6.45) is 4.17. The summed E-state index contributed by atoms with van der Waals surface area (Å²) in [4.78, 5) is 2.32. The summed E-state index contributed by atoms with van der Waals surface area (Å²) in [5.41, 5.74) is 3.00. The van der Waals surface area contributed by atoms with Crippen molar-refractivity contribution in [2.45, 2.75) is 44.8 Å². The van der Waals surface area contributed by atoms with Gasteiger partial charge in [0.1, 0.15) is 0 Å². The maximum absolute atomic E-state index is 9.71. The van der Waals surface area contributed by atoms with Crippen LogP contribution in [-0.4, -0.2) is 35.7 Å². The molecular formula is C15H23NO. The Morgan fingerprint density at radius 1 is 1.35 bits per heavy atom. The van der Waals surface area contributed by atoms with E-state index in [1.807, 2.05) is 6.92 Å². The fourth-order valence-corrected chi connectivity index (χ4v) is 2.67. The summed E-state index contributed by atoms with van der Waals surface area (Å²) < 4.78 is 0. The number of rotatable bonds is 4. The standard InChI is InChI=1S/C15H23NO/c1-3-15(17)11-16(2)14-9-8-12-6-4-5-7-13(12)10-14/h4-7,14-15,17H,3,8-11H2,1-2H3. The molecule has 1 aromatic rings. The highest BCUT2D eigenvalue weighted by atomic mass is 16.3. The van der Waals surface area contributed by atoms with E-state index in [2.05, 4.69) is 36.2 Å². The third-order valence-electron chi connectivity index (χ3n) is 3.91. The van der Waals surface area contributed by atoms with Gasteiger partial charge in [0.25, 0.3) is 0 Å². The third-order valence-corrected chi connectivity index (χ3v) is 3.91. The van der Waals surface area contributed by atoms with Crippen molar-refractivity contribution in [2.75, 3.05) is 13.6 Å². The molecule has 2 unspecified atom stereocenters. The van der Waals surface area contributed by atoms with Gasteiger partial charge in [0, 0.05) is 12.6 Å². The highest BCUT2D eigenvalue weighted by Crippen LogP contribution is 2.23. The molecule has 2 nitrogen and oxygen atoms in total. The molecule has 2 heteroatoms. The van der Waals surface area contributed by atoms with Crippen LogP contribution < -0.4 is 0 Å². The Kier molecular flexibility index (Phi) is 4.19. The molecule has 94 valence electrons. The van der Waals surface area contributed by atoms with Crippen molar-refractivity contribution in [3.63, 3.8) is 0 Å². The number of hydrogen-bond acceptors (Lipinski definition) is 2. The van der Waals surface area contributed by atoms with E-state index < -0.39 is 0 Å². The van der Waals surface area contributed by atoms with Crippen molar-refractivity contribution in [3.8, 4) is 0 Å². The smallest absolute Gasteiger partial charge is 0.0664 e. The minimum absolute atomic E-state index is 0.183. The second kappa shape index (κ2) is 5.65. The second-order valence-corrected chi connectivity index (χ2v) is 5.17. The Morgan fingerprint density at radius 2 is 2.06 bits per heavy atom. The zero-order valence-corrected chi connectivity index (χ0v) is 10.9. The Bertz CT molecular complexity index is 364. The average molecular weight is 233 g/mol. The lowest BCUT2D eigenvalue weighted by Crippen LogP contribution is -2.40. The maximum atomic E-state index is 9.71. The van der Waals surface area contributed by atoms with E-state index in [0.717, 1.165) is 19.4 Å². The van der Waals surface area contributed by atoms with Gasteiger partial charge in [-0.15, -0.1) is 0 Å². The summed E-state index contributed by atoms with van der Waals surface area (Å²) in [5, 5.41) is 9.71. The van der Waals surface area contributed by atoms with Gasteiger partial charge in [0.15, 0.2) is 0 Å². The van der Waals surface area contributed by atoms with Crippen LogP contribution in [0.5, 0.6) is 0 Å². The molecule has 0 heterocycles. The molecule has 1 aromatic carbocycles. The van der Waals surface area contributed by atoms with Gasteiger partial charge in [-0.1, -0.05) is 31.2 Å². The predicted octanol–water partition coefficient (Wildman–Crippen LogP) is 2.25. The normalized spacial score (nSPS) is 21.3. The van der Waals surface area contributed by atoms with Gasteiger partial charge in [0.2, 0.25) is 0 Å². The fourth-order valence-electron chi connectivity index (χ4n) is 2.67. The number of aryl methyl sites for hydroxylation is 1. The van der Waals surface area contributed by atoms with Crippen molar-refractivity contribution < 1.29 is 5.11 Å². The highest BCUT2D eigenvalue weighted by molar-refractivity contribution is 5.30. The van der Waals surface area contributed by atoms with Crippen LogP contribution in [0.3, 0.4) is 0 Å². The number of likely N-dealkylation sites (N-methyl/N-ethyl adjacent to an activating group) is 1.